The highest BCUT2D eigenvalue weighted by Gasteiger charge is 2.22. The molecular weight excluding hydrogens is 254 g/mol. The molecule has 0 radical (unpaired) electrons. The van der Waals surface area contributed by atoms with Gasteiger partial charge in [-0.25, -0.2) is 9.78 Å². The third kappa shape index (κ3) is 2.41. The molecule has 0 aromatic carbocycles. The molecule has 3 heterocycles. The lowest BCUT2D eigenvalue weighted by Gasteiger charge is -2.30. The number of hydrogen-bond acceptors (Lipinski definition) is 3. The molecule has 0 spiro atoms. The van der Waals surface area contributed by atoms with Gasteiger partial charge in [0.25, 0.3) is 0 Å². The van der Waals surface area contributed by atoms with Crippen LogP contribution in [0.2, 0.25) is 0 Å². The first-order valence-corrected chi connectivity index (χ1v) is 7.07. The second-order valence-electron chi connectivity index (χ2n) is 5.62. The van der Waals surface area contributed by atoms with Gasteiger partial charge in [-0.1, -0.05) is 13.0 Å². The van der Waals surface area contributed by atoms with Crippen LogP contribution in [0, 0.1) is 5.92 Å². The minimum absolute atomic E-state index is 0.175. The van der Waals surface area contributed by atoms with E-state index in [1.54, 1.807) is 0 Å². The number of likely N-dealkylation sites (tertiary alicyclic amines) is 1. The molecule has 5 heteroatoms. The Bertz CT molecular complexity index is 635. The van der Waals surface area contributed by atoms with Crippen molar-refractivity contribution >= 4 is 11.6 Å². The number of imidazole rings is 1. The molecule has 20 heavy (non-hydrogen) atoms. The monoisotopic (exact) mass is 273 g/mol. The van der Waals surface area contributed by atoms with Gasteiger partial charge >= 0.3 is 5.97 Å². The fourth-order valence-electron chi connectivity index (χ4n) is 3.01. The van der Waals surface area contributed by atoms with Crippen LogP contribution < -0.4 is 0 Å². The molecule has 0 bridgehead atoms. The summed E-state index contributed by atoms with van der Waals surface area (Å²) >= 11 is 0. The average Bonchev–Trinajstić information content (AvgIpc) is 2.78. The van der Waals surface area contributed by atoms with Gasteiger partial charge in [0.2, 0.25) is 0 Å². The van der Waals surface area contributed by atoms with Crippen LogP contribution in [0.1, 0.15) is 35.9 Å². The van der Waals surface area contributed by atoms with Crippen LogP contribution >= 0.6 is 0 Å². The van der Waals surface area contributed by atoms with Gasteiger partial charge in [0, 0.05) is 19.3 Å². The molecule has 1 saturated heterocycles. The van der Waals surface area contributed by atoms with Crippen molar-refractivity contribution < 1.29 is 9.90 Å². The minimum Gasteiger partial charge on any atom is -0.476 e. The molecule has 1 aliphatic rings. The van der Waals surface area contributed by atoms with Gasteiger partial charge in [0.05, 0.1) is 5.69 Å². The molecule has 1 fully saturated rings. The number of piperidine rings is 1. The number of hydrogen-bond donors (Lipinski definition) is 1. The molecule has 2 aromatic heterocycles. The van der Waals surface area contributed by atoms with Gasteiger partial charge in [0.15, 0.2) is 5.69 Å². The largest absolute Gasteiger partial charge is 0.476 e. The smallest absolute Gasteiger partial charge is 0.356 e. The van der Waals surface area contributed by atoms with Crippen molar-refractivity contribution in [2.24, 2.45) is 5.92 Å². The highest BCUT2D eigenvalue weighted by molar-refractivity contribution is 5.87. The SMILES string of the molecule is CC1CCCN(Cc2c(C(=O)O)nc3ccccn23)C1. The number of fused-ring (bicyclic) bond motifs is 1. The van der Waals surface area contributed by atoms with Crippen LogP contribution in [0.4, 0.5) is 0 Å². The van der Waals surface area contributed by atoms with E-state index in [-0.39, 0.29) is 5.69 Å². The van der Waals surface area contributed by atoms with Crippen molar-refractivity contribution in [3.05, 3.63) is 35.8 Å². The standard InChI is InChI=1S/C15H19N3O2/c1-11-5-4-7-17(9-11)10-12-14(15(19)20)16-13-6-2-3-8-18(12)13/h2-3,6,8,11H,4-5,7,9-10H2,1H3,(H,19,20). The Morgan fingerprint density at radius 3 is 3.10 bits per heavy atom. The Morgan fingerprint density at radius 2 is 2.35 bits per heavy atom. The molecule has 0 aliphatic carbocycles. The lowest BCUT2D eigenvalue weighted by atomic mass is 10.0. The number of aromatic carboxylic acids is 1. The minimum atomic E-state index is -0.950. The van der Waals surface area contributed by atoms with Crippen molar-refractivity contribution in [2.45, 2.75) is 26.3 Å². The third-order valence-electron chi connectivity index (χ3n) is 3.95. The van der Waals surface area contributed by atoms with E-state index in [4.69, 9.17) is 0 Å². The van der Waals surface area contributed by atoms with E-state index in [2.05, 4.69) is 16.8 Å². The molecule has 0 saturated carbocycles. The lowest BCUT2D eigenvalue weighted by Crippen LogP contribution is -2.34. The van der Waals surface area contributed by atoms with Gasteiger partial charge in [-0.3, -0.25) is 4.90 Å². The predicted octanol–water partition coefficient (Wildman–Crippen LogP) is 2.26. The summed E-state index contributed by atoms with van der Waals surface area (Å²) in [6, 6.07) is 5.62. The predicted molar refractivity (Wildman–Crippen MR) is 75.8 cm³/mol. The van der Waals surface area contributed by atoms with Gasteiger partial charge in [0.1, 0.15) is 5.65 Å². The van der Waals surface area contributed by atoms with E-state index in [1.807, 2.05) is 28.8 Å². The third-order valence-corrected chi connectivity index (χ3v) is 3.95. The summed E-state index contributed by atoms with van der Waals surface area (Å²) in [5.41, 5.74) is 1.65. The molecule has 1 unspecified atom stereocenters. The van der Waals surface area contributed by atoms with Gasteiger partial charge < -0.3 is 9.51 Å². The zero-order valence-electron chi connectivity index (χ0n) is 11.6. The molecule has 1 N–H and O–H groups in total. The second kappa shape index (κ2) is 5.25. The van der Waals surface area contributed by atoms with Crippen LogP contribution in [0.15, 0.2) is 24.4 Å². The highest BCUT2D eigenvalue weighted by Crippen LogP contribution is 2.20. The number of aromatic nitrogens is 2. The van der Waals surface area contributed by atoms with E-state index in [9.17, 15) is 9.90 Å². The number of rotatable bonds is 3. The van der Waals surface area contributed by atoms with Crippen molar-refractivity contribution in [3.8, 4) is 0 Å². The van der Waals surface area contributed by atoms with E-state index in [1.165, 1.54) is 12.8 Å². The number of carboxylic acid groups (broad SMARTS) is 1. The lowest BCUT2D eigenvalue weighted by molar-refractivity contribution is 0.0687. The summed E-state index contributed by atoms with van der Waals surface area (Å²) in [5.74, 6) is -0.273. The fraction of sp³-hybridized carbons (Fsp3) is 0.467. The van der Waals surface area contributed by atoms with Gasteiger partial charge in [-0.2, -0.15) is 0 Å². The van der Waals surface area contributed by atoms with Crippen molar-refractivity contribution in [1.82, 2.24) is 14.3 Å². The topological polar surface area (TPSA) is 57.8 Å². The number of carboxylic acids is 1. The zero-order valence-corrected chi connectivity index (χ0v) is 11.6. The number of pyridine rings is 1. The van der Waals surface area contributed by atoms with Crippen LogP contribution in [-0.2, 0) is 6.54 Å². The van der Waals surface area contributed by atoms with Crippen LogP contribution in [-0.4, -0.2) is 38.4 Å². The Hall–Kier alpha value is -1.88. The Labute approximate surface area is 117 Å². The number of carbonyl (C=O) groups is 1. The fourth-order valence-corrected chi connectivity index (χ4v) is 3.01. The summed E-state index contributed by atoms with van der Waals surface area (Å²) in [6.07, 6.45) is 4.33. The van der Waals surface area contributed by atoms with E-state index in [0.29, 0.717) is 18.1 Å². The molecular formula is C15H19N3O2. The molecule has 5 nitrogen and oxygen atoms in total. The number of nitrogens with zero attached hydrogens (tertiary/aromatic N) is 3. The van der Waals surface area contributed by atoms with Gasteiger partial charge in [-0.15, -0.1) is 0 Å². The normalized spacial score (nSPS) is 20.4. The summed E-state index contributed by atoms with van der Waals surface area (Å²) in [6.45, 7) is 4.96. The van der Waals surface area contributed by atoms with Crippen molar-refractivity contribution in [1.29, 1.82) is 0 Å². The van der Waals surface area contributed by atoms with Crippen LogP contribution in [0.3, 0.4) is 0 Å². The molecule has 0 amide bonds. The van der Waals surface area contributed by atoms with Crippen molar-refractivity contribution in [3.63, 3.8) is 0 Å². The maximum atomic E-state index is 11.4. The first-order valence-electron chi connectivity index (χ1n) is 7.07. The summed E-state index contributed by atoms with van der Waals surface area (Å²) in [7, 11) is 0. The molecule has 2 aromatic rings. The maximum Gasteiger partial charge on any atom is 0.356 e. The van der Waals surface area contributed by atoms with Crippen LogP contribution in [0.25, 0.3) is 5.65 Å². The quantitative estimate of drug-likeness (QED) is 0.932. The zero-order chi connectivity index (χ0) is 14.1. The molecule has 3 rings (SSSR count). The van der Waals surface area contributed by atoms with Crippen molar-refractivity contribution in [2.75, 3.05) is 13.1 Å². The van der Waals surface area contributed by atoms with E-state index in [0.717, 1.165) is 18.8 Å². The summed E-state index contributed by atoms with van der Waals surface area (Å²) in [5, 5.41) is 9.35. The van der Waals surface area contributed by atoms with E-state index >= 15 is 0 Å². The second-order valence-corrected chi connectivity index (χ2v) is 5.62. The van der Waals surface area contributed by atoms with E-state index < -0.39 is 5.97 Å². The Morgan fingerprint density at radius 1 is 1.50 bits per heavy atom. The molecule has 1 aliphatic heterocycles. The Kier molecular flexibility index (Phi) is 3.44. The average molecular weight is 273 g/mol. The summed E-state index contributed by atoms with van der Waals surface area (Å²) in [4.78, 5) is 18.0. The Balaban J connectivity index is 1.96. The molecule has 106 valence electrons. The maximum absolute atomic E-state index is 11.4. The summed E-state index contributed by atoms with van der Waals surface area (Å²) < 4.78 is 1.89. The first-order chi connectivity index (χ1) is 9.65. The first kappa shape index (κ1) is 13.1. The highest BCUT2D eigenvalue weighted by atomic mass is 16.4. The van der Waals surface area contributed by atoms with Gasteiger partial charge in [-0.05, 0) is 37.4 Å². The molecule has 1 atom stereocenters. The van der Waals surface area contributed by atoms with Crippen LogP contribution in [0.5, 0.6) is 0 Å².